The van der Waals surface area contributed by atoms with Crippen LogP contribution >= 0.6 is 22.6 Å². The maximum absolute atomic E-state index is 12.3. The minimum atomic E-state index is -1.24. The Balaban J connectivity index is 2.38. The number of anilines is 1. The predicted octanol–water partition coefficient (Wildman–Crippen LogP) is 0.606. The van der Waals surface area contributed by atoms with E-state index in [0.29, 0.717) is 3.57 Å². The molecule has 4 N–H and O–H groups in total. The summed E-state index contributed by atoms with van der Waals surface area (Å²) in [5.41, 5.74) is 4.81. The molecule has 0 bridgehead atoms. The van der Waals surface area contributed by atoms with Crippen LogP contribution in [0.4, 0.5) is 5.82 Å². The van der Waals surface area contributed by atoms with Crippen LogP contribution in [0.1, 0.15) is 31.1 Å². The molecule has 1 aromatic heterocycles. The van der Waals surface area contributed by atoms with Gasteiger partial charge in [0.15, 0.2) is 0 Å². The van der Waals surface area contributed by atoms with E-state index in [9.17, 15) is 24.3 Å². The van der Waals surface area contributed by atoms with Gasteiger partial charge in [0.25, 0.3) is 17.4 Å². The predicted molar refractivity (Wildman–Crippen MR) is 87.9 cm³/mol. The number of halogens is 1. The van der Waals surface area contributed by atoms with Crippen molar-refractivity contribution in [2.75, 3.05) is 5.73 Å². The number of amides is 2. The van der Waals surface area contributed by atoms with Crippen LogP contribution in [0.15, 0.2) is 29.1 Å². The van der Waals surface area contributed by atoms with Gasteiger partial charge in [-0.1, -0.05) is 0 Å². The molecule has 8 nitrogen and oxygen atoms in total. The third kappa shape index (κ3) is 2.29. The van der Waals surface area contributed by atoms with Gasteiger partial charge in [0, 0.05) is 9.64 Å². The molecule has 0 spiro atoms. The van der Waals surface area contributed by atoms with Crippen molar-refractivity contribution in [1.29, 1.82) is 0 Å². The molecule has 2 amide bonds. The largest absolute Gasteiger partial charge is 0.478 e. The Morgan fingerprint density at radius 3 is 2.52 bits per heavy atom. The molecule has 2 heterocycles. The molecule has 0 fully saturated rings. The number of carbonyl (C=O) groups is 3. The van der Waals surface area contributed by atoms with Gasteiger partial charge >= 0.3 is 5.97 Å². The SMILES string of the molecule is Nc1c2c(cc(=O)n1-c1ccc(I)cc1C(=O)O)C(=O)NC2=O. The number of rotatable bonds is 2. The Bertz CT molecular complexity index is 964. The number of carbonyl (C=O) groups excluding carboxylic acids is 2. The molecular weight excluding hydrogens is 417 g/mol. The fourth-order valence-corrected chi connectivity index (χ4v) is 2.89. The Kier molecular flexibility index (Phi) is 3.43. The molecule has 0 saturated heterocycles. The zero-order valence-corrected chi connectivity index (χ0v) is 13.4. The second kappa shape index (κ2) is 5.19. The summed E-state index contributed by atoms with van der Waals surface area (Å²) >= 11 is 1.94. The van der Waals surface area contributed by atoms with Crippen molar-refractivity contribution < 1.29 is 19.5 Å². The van der Waals surface area contributed by atoms with Gasteiger partial charge in [-0.3, -0.25) is 24.3 Å². The van der Waals surface area contributed by atoms with Crippen LogP contribution in [-0.2, 0) is 0 Å². The van der Waals surface area contributed by atoms with Crippen molar-refractivity contribution in [3.8, 4) is 5.69 Å². The van der Waals surface area contributed by atoms with E-state index in [1.54, 1.807) is 6.07 Å². The van der Waals surface area contributed by atoms with Crippen molar-refractivity contribution >= 4 is 46.2 Å². The lowest BCUT2D eigenvalue weighted by Gasteiger charge is -2.14. The number of imide groups is 1. The summed E-state index contributed by atoms with van der Waals surface area (Å²) in [7, 11) is 0. The molecule has 1 aromatic carbocycles. The quantitative estimate of drug-likeness (QED) is 0.477. The van der Waals surface area contributed by atoms with Gasteiger partial charge in [-0.15, -0.1) is 0 Å². The molecule has 0 aliphatic carbocycles. The van der Waals surface area contributed by atoms with Gasteiger partial charge in [0.05, 0.1) is 22.4 Å². The number of carboxylic acids is 1. The highest BCUT2D eigenvalue weighted by Gasteiger charge is 2.32. The number of fused-ring (bicyclic) bond motifs is 1. The van der Waals surface area contributed by atoms with Gasteiger partial charge in [0.2, 0.25) is 0 Å². The van der Waals surface area contributed by atoms with Crippen LogP contribution < -0.4 is 16.6 Å². The third-order valence-corrected chi connectivity index (χ3v) is 4.05. The van der Waals surface area contributed by atoms with Crippen molar-refractivity contribution in [1.82, 2.24) is 9.88 Å². The van der Waals surface area contributed by atoms with Crippen LogP contribution in [0.5, 0.6) is 0 Å². The van der Waals surface area contributed by atoms with Crippen LogP contribution in [-0.4, -0.2) is 27.5 Å². The molecule has 9 heteroatoms. The van der Waals surface area contributed by atoms with Gasteiger partial charge in [0.1, 0.15) is 5.82 Å². The van der Waals surface area contributed by atoms with Gasteiger partial charge < -0.3 is 10.8 Å². The maximum Gasteiger partial charge on any atom is 0.337 e. The van der Waals surface area contributed by atoms with Crippen molar-refractivity contribution in [2.45, 2.75) is 0 Å². The van der Waals surface area contributed by atoms with Crippen molar-refractivity contribution in [3.63, 3.8) is 0 Å². The van der Waals surface area contributed by atoms with E-state index in [2.05, 4.69) is 0 Å². The Labute approximate surface area is 142 Å². The Hall–Kier alpha value is -2.69. The molecule has 0 atom stereocenters. The number of nitrogen functional groups attached to an aromatic ring is 1. The first-order valence-electron chi connectivity index (χ1n) is 6.25. The number of benzene rings is 1. The Morgan fingerprint density at radius 2 is 1.87 bits per heavy atom. The van der Waals surface area contributed by atoms with Crippen LogP contribution in [0.2, 0.25) is 0 Å². The number of hydrogen-bond acceptors (Lipinski definition) is 5. The summed E-state index contributed by atoms with van der Waals surface area (Å²) in [6, 6.07) is 5.37. The number of nitrogens with zero attached hydrogens (tertiary/aromatic N) is 1. The molecule has 2 aromatic rings. The number of aromatic carboxylic acids is 1. The average molecular weight is 425 g/mol. The smallest absolute Gasteiger partial charge is 0.337 e. The topological polar surface area (TPSA) is 131 Å². The first-order chi connectivity index (χ1) is 10.8. The van der Waals surface area contributed by atoms with Crippen LogP contribution in [0, 0.1) is 3.57 Å². The second-order valence-corrected chi connectivity index (χ2v) is 5.99. The fourth-order valence-electron chi connectivity index (χ4n) is 2.40. The summed E-state index contributed by atoms with van der Waals surface area (Å²) in [6.45, 7) is 0. The molecule has 3 rings (SSSR count). The summed E-state index contributed by atoms with van der Waals surface area (Å²) in [4.78, 5) is 47.2. The molecule has 1 aliphatic rings. The van der Waals surface area contributed by atoms with Gasteiger partial charge in [-0.05, 0) is 40.8 Å². The fraction of sp³-hybridized carbons (Fsp3) is 0. The minimum absolute atomic E-state index is 0.0235. The normalized spacial score (nSPS) is 12.9. The number of nitrogens with one attached hydrogen (secondary N) is 1. The standard InChI is InChI=1S/C14H8IN3O5/c15-5-1-2-8(6(3-5)14(22)23)18-9(19)4-7-10(11(18)16)13(21)17-12(7)20/h1-4H,16H2,(H,22,23)(H,17,20,21). The average Bonchev–Trinajstić information content (AvgIpc) is 2.74. The van der Waals surface area contributed by atoms with E-state index in [0.717, 1.165) is 10.6 Å². The second-order valence-electron chi connectivity index (χ2n) is 4.74. The number of carboxylic acid groups (broad SMARTS) is 1. The maximum atomic E-state index is 12.3. The molecule has 23 heavy (non-hydrogen) atoms. The Morgan fingerprint density at radius 1 is 1.17 bits per heavy atom. The molecule has 0 radical (unpaired) electrons. The summed E-state index contributed by atoms with van der Waals surface area (Å²) < 4.78 is 1.57. The zero-order chi connectivity index (χ0) is 16.9. The highest BCUT2D eigenvalue weighted by Crippen LogP contribution is 2.25. The zero-order valence-electron chi connectivity index (χ0n) is 11.3. The summed E-state index contributed by atoms with van der Waals surface area (Å²) in [6.07, 6.45) is 0. The third-order valence-electron chi connectivity index (χ3n) is 3.38. The van der Waals surface area contributed by atoms with Gasteiger partial charge in [-0.2, -0.15) is 0 Å². The lowest BCUT2D eigenvalue weighted by atomic mass is 10.1. The number of pyridine rings is 1. The van der Waals surface area contributed by atoms with E-state index in [1.807, 2.05) is 27.9 Å². The summed E-state index contributed by atoms with van der Waals surface area (Å²) in [5, 5.41) is 11.4. The summed E-state index contributed by atoms with van der Waals surface area (Å²) in [5.74, 6) is -2.95. The van der Waals surface area contributed by atoms with Crippen LogP contribution in [0.3, 0.4) is 0 Å². The van der Waals surface area contributed by atoms with E-state index < -0.39 is 23.3 Å². The van der Waals surface area contributed by atoms with Crippen molar-refractivity contribution in [2.24, 2.45) is 0 Å². The molecule has 1 aliphatic heterocycles. The van der Waals surface area contributed by atoms with Gasteiger partial charge in [-0.25, -0.2) is 4.79 Å². The first-order valence-corrected chi connectivity index (χ1v) is 7.33. The highest BCUT2D eigenvalue weighted by molar-refractivity contribution is 14.1. The lowest BCUT2D eigenvalue weighted by Crippen LogP contribution is -2.25. The molecule has 0 saturated carbocycles. The van der Waals surface area contributed by atoms with E-state index >= 15 is 0 Å². The highest BCUT2D eigenvalue weighted by atomic mass is 127. The van der Waals surface area contributed by atoms with E-state index in [-0.39, 0.29) is 28.2 Å². The van der Waals surface area contributed by atoms with Crippen molar-refractivity contribution in [3.05, 3.63) is 54.9 Å². The van der Waals surface area contributed by atoms with E-state index in [4.69, 9.17) is 5.73 Å². The number of nitrogens with two attached hydrogens (primary N) is 1. The van der Waals surface area contributed by atoms with E-state index in [1.165, 1.54) is 12.1 Å². The number of aromatic nitrogens is 1. The van der Waals surface area contributed by atoms with Crippen LogP contribution in [0.25, 0.3) is 5.69 Å². The first kappa shape index (κ1) is 15.2. The lowest BCUT2D eigenvalue weighted by molar-refractivity contribution is 0.0696. The number of hydrogen-bond donors (Lipinski definition) is 3. The minimum Gasteiger partial charge on any atom is -0.478 e. The molecule has 0 unspecified atom stereocenters. The monoisotopic (exact) mass is 425 g/mol. The molecule has 116 valence electrons. The molecular formula is C14H8IN3O5.